The van der Waals surface area contributed by atoms with E-state index in [1.54, 1.807) is 0 Å². The van der Waals surface area contributed by atoms with E-state index in [1.165, 1.54) is 24.1 Å². The van der Waals surface area contributed by atoms with Gasteiger partial charge in [0.25, 0.3) is 0 Å². The van der Waals surface area contributed by atoms with E-state index < -0.39 is 41.4 Å². The molecule has 1 aliphatic heterocycles. The number of aliphatic hydroxyl groups excluding tert-OH is 1. The first-order valence-electron chi connectivity index (χ1n) is 9.50. The zero-order chi connectivity index (χ0) is 23.0. The lowest BCUT2D eigenvalue weighted by Crippen LogP contribution is -2.39. The van der Waals surface area contributed by atoms with Crippen molar-refractivity contribution in [3.8, 4) is 0 Å². The second kappa shape index (κ2) is 8.48. The molecule has 1 amide bonds. The maximum Gasteiger partial charge on any atom is 0.416 e. The van der Waals surface area contributed by atoms with Crippen LogP contribution in [0.15, 0.2) is 35.7 Å². The van der Waals surface area contributed by atoms with Gasteiger partial charge in [-0.1, -0.05) is 13.0 Å². The van der Waals surface area contributed by atoms with Gasteiger partial charge in [0, 0.05) is 36.9 Å². The van der Waals surface area contributed by atoms with E-state index in [4.69, 9.17) is 0 Å². The summed E-state index contributed by atoms with van der Waals surface area (Å²) in [5.41, 5.74) is -2.71. The molecule has 3 rings (SSSR count). The van der Waals surface area contributed by atoms with Gasteiger partial charge in [-0.2, -0.15) is 31.4 Å². The molecule has 2 aliphatic rings. The second-order valence-electron chi connectivity index (χ2n) is 7.49. The summed E-state index contributed by atoms with van der Waals surface area (Å²) >= 11 is 0. The van der Waals surface area contributed by atoms with Crippen LogP contribution in [0, 0.1) is 5.92 Å². The van der Waals surface area contributed by atoms with Gasteiger partial charge in [-0.05, 0) is 24.8 Å². The van der Waals surface area contributed by atoms with Crippen LogP contribution in [0.2, 0.25) is 0 Å². The van der Waals surface area contributed by atoms with Gasteiger partial charge in [-0.15, -0.1) is 0 Å². The normalized spacial score (nSPS) is 23.8. The number of alkyl halides is 6. The minimum absolute atomic E-state index is 0.117. The van der Waals surface area contributed by atoms with Gasteiger partial charge < -0.3 is 10.0 Å². The van der Waals surface area contributed by atoms with Crippen LogP contribution < -0.4 is 0 Å². The number of allylic oxidation sites excluding steroid dienone is 4. The molecule has 2 heterocycles. The Morgan fingerprint density at radius 3 is 2.39 bits per heavy atom. The van der Waals surface area contributed by atoms with Crippen molar-refractivity contribution in [1.29, 1.82) is 0 Å². The first-order chi connectivity index (χ1) is 14.4. The van der Waals surface area contributed by atoms with Gasteiger partial charge in [-0.25, -0.2) is 9.67 Å². The number of likely N-dealkylation sites (tertiary alicyclic amines) is 1. The van der Waals surface area contributed by atoms with Crippen molar-refractivity contribution in [3.05, 3.63) is 41.5 Å². The summed E-state index contributed by atoms with van der Waals surface area (Å²) in [6.07, 6.45) is -5.10. The predicted octanol–water partition coefficient (Wildman–Crippen LogP) is 3.44. The molecule has 1 aliphatic carbocycles. The molecule has 6 nitrogen and oxygen atoms in total. The van der Waals surface area contributed by atoms with Gasteiger partial charge in [0.15, 0.2) is 5.82 Å². The van der Waals surface area contributed by atoms with Crippen LogP contribution in [0.4, 0.5) is 26.3 Å². The Labute approximate surface area is 173 Å². The molecule has 0 aromatic carbocycles. The molecule has 12 heteroatoms. The van der Waals surface area contributed by atoms with Crippen LogP contribution in [0.5, 0.6) is 0 Å². The quantitative estimate of drug-likeness (QED) is 0.566. The molecule has 2 unspecified atom stereocenters. The SMILES string of the molecule is CC1C(C(F)(F)F)=CC(C(F)(F)F)=CC1c1ncn(/C=C\C(=O)N2CCC(O)CC2)n1. The minimum atomic E-state index is -4.95. The van der Waals surface area contributed by atoms with E-state index in [9.17, 15) is 36.2 Å². The number of aliphatic hydroxyl groups is 1. The average molecular weight is 450 g/mol. The molecule has 1 aromatic heterocycles. The van der Waals surface area contributed by atoms with Crippen LogP contribution in [0.25, 0.3) is 6.20 Å². The number of amides is 1. The maximum absolute atomic E-state index is 13.3. The predicted molar refractivity (Wildman–Crippen MR) is 97.4 cm³/mol. The smallest absolute Gasteiger partial charge is 0.393 e. The molecular weight excluding hydrogens is 430 g/mol. The zero-order valence-electron chi connectivity index (χ0n) is 16.4. The van der Waals surface area contributed by atoms with Crippen molar-refractivity contribution in [2.75, 3.05) is 13.1 Å². The van der Waals surface area contributed by atoms with Crippen molar-refractivity contribution >= 4 is 12.1 Å². The lowest BCUT2D eigenvalue weighted by atomic mass is 9.80. The minimum Gasteiger partial charge on any atom is -0.393 e. The van der Waals surface area contributed by atoms with Crippen LogP contribution >= 0.6 is 0 Å². The van der Waals surface area contributed by atoms with Crippen LogP contribution in [0.1, 0.15) is 31.5 Å². The molecule has 0 radical (unpaired) electrons. The third-order valence-corrected chi connectivity index (χ3v) is 5.32. The Kier molecular flexibility index (Phi) is 6.30. The molecule has 1 fully saturated rings. The second-order valence-corrected chi connectivity index (χ2v) is 7.49. The van der Waals surface area contributed by atoms with Gasteiger partial charge in [-0.3, -0.25) is 4.79 Å². The van der Waals surface area contributed by atoms with Crippen molar-refractivity contribution in [1.82, 2.24) is 19.7 Å². The highest BCUT2D eigenvalue weighted by atomic mass is 19.4. The Balaban J connectivity index is 1.79. The van der Waals surface area contributed by atoms with Crippen molar-refractivity contribution in [2.45, 2.75) is 44.1 Å². The molecular formula is C19H20F6N4O2. The van der Waals surface area contributed by atoms with Crippen LogP contribution in [-0.2, 0) is 4.79 Å². The van der Waals surface area contributed by atoms with Gasteiger partial charge in [0.05, 0.1) is 11.7 Å². The maximum atomic E-state index is 13.3. The first-order valence-corrected chi connectivity index (χ1v) is 9.50. The molecule has 1 N–H and O–H groups in total. The van der Waals surface area contributed by atoms with E-state index >= 15 is 0 Å². The van der Waals surface area contributed by atoms with E-state index in [1.807, 2.05) is 0 Å². The molecule has 31 heavy (non-hydrogen) atoms. The summed E-state index contributed by atoms with van der Waals surface area (Å²) in [6.45, 7) is 1.92. The molecule has 170 valence electrons. The number of nitrogens with zero attached hydrogens (tertiary/aromatic N) is 4. The largest absolute Gasteiger partial charge is 0.416 e. The topological polar surface area (TPSA) is 71.2 Å². The third-order valence-electron chi connectivity index (χ3n) is 5.32. The van der Waals surface area contributed by atoms with Gasteiger partial charge >= 0.3 is 12.4 Å². The molecule has 0 spiro atoms. The molecule has 0 saturated carbocycles. The molecule has 1 saturated heterocycles. The lowest BCUT2D eigenvalue weighted by Gasteiger charge is -2.29. The Morgan fingerprint density at radius 2 is 1.81 bits per heavy atom. The number of aromatic nitrogens is 3. The fourth-order valence-corrected chi connectivity index (χ4v) is 3.54. The monoisotopic (exact) mass is 450 g/mol. The third kappa shape index (κ3) is 5.35. The highest BCUT2D eigenvalue weighted by Crippen LogP contribution is 2.45. The number of piperidine rings is 1. The van der Waals surface area contributed by atoms with Crippen LogP contribution in [0.3, 0.4) is 0 Å². The Morgan fingerprint density at radius 1 is 1.16 bits per heavy atom. The standard InChI is InChI=1S/C19H20F6N4O2/c1-11-14(8-12(18(20,21)22)9-15(11)19(23,24)25)17-26-10-29(27-17)7-4-16(31)28-5-2-13(30)3-6-28/h4,7-11,13-14,30H,2-3,5-6H2,1H3/b7-4-. The summed E-state index contributed by atoms with van der Waals surface area (Å²) in [5.74, 6) is -3.24. The van der Waals surface area contributed by atoms with Gasteiger partial charge in [0.1, 0.15) is 6.33 Å². The molecule has 2 atom stereocenters. The Bertz CT molecular complexity index is 907. The first kappa shape index (κ1) is 23.0. The Hall–Kier alpha value is -2.63. The van der Waals surface area contributed by atoms with Crippen molar-refractivity contribution in [3.63, 3.8) is 0 Å². The summed E-state index contributed by atoms with van der Waals surface area (Å²) in [5, 5.41) is 13.4. The summed E-state index contributed by atoms with van der Waals surface area (Å²) < 4.78 is 80.3. The number of hydrogen-bond acceptors (Lipinski definition) is 4. The van der Waals surface area contributed by atoms with Crippen molar-refractivity contribution < 1.29 is 36.2 Å². The zero-order valence-corrected chi connectivity index (χ0v) is 16.4. The number of hydrogen-bond donors (Lipinski definition) is 1. The van der Waals surface area contributed by atoms with E-state index in [2.05, 4.69) is 10.1 Å². The number of halogens is 6. The van der Waals surface area contributed by atoms with Crippen molar-refractivity contribution in [2.24, 2.45) is 5.92 Å². The number of carbonyl (C=O) groups excluding carboxylic acids is 1. The fraction of sp³-hybridized carbons (Fsp3) is 0.526. The van der Waals surface area contributed by atoms with E-state index in [0.29, 0.717) is 32.0 Å². The summed E-state index contributed by atoms with van der Waals surface area (Å²) in [6, 6.07) is 0. The molecule has 0 bridgehead atoms. The lowest BCUT2D eigenvalue weighted by molar-refractivity contribution is -0.127. The average Bonchev–Trinajstić information content (AvgIpc) is 3.13. The van der Waals surface area contributed by atoms with Gasteiger partial charge in [0.2, 0.25) is 5.91 Å². The number of rotatable bonds is 3. The fourth-order valence-electron chi connectivity index (χ4n) is 3.54. The number of carbonyl (C=O) groups is 1. The molecule has 1 aromatic rings. The highest BCUT2D eigenvalue weighted by molar-refractivity contribution is 5.90. The van der Waals surface area contributed by atoms with E-state index in [-0.39, 0.29) is 17.8 Å². The van der Waals surface area contributed by atoms with E-state index in [0.717, 1.165) is 11.0 Å². The highest BCUT2D eigenvalue weighted by Gasteiger charge is 2.46. The van der Waals surface area contributed by atoms with Crippen LogP contribution in [-0.4, -0.2) is 62.2 Å². The summed E-state index contributed by atoms with van der Waals surface area (Å²) in [4.78, 5) is 17.6. The summed E-state index contributed by atoms with van der Waals surface area (Å²) in [7, 11) is 0.